The molecular weight excluding hydrogens is 489 g/mol. The molecule has 1 aromatic heterocycles. The van der Waals surface area contributed by atoms with Gasteiger partial charge in [0.05, 0.1) is 33.5 Å². The summed E-state index contributed by atoms with van der Waals surface area (Å²) in [4.78, 5) is 4.47. The smallest absolute Gasteiger partial charge is 0.123 e. The first-order valence-electron chi connectivity index (χ1n) is 12.6. The number of hydrogen-bond donors (Lipinski definition) is 4. The number of halogens is 2. The van der Waals surface area contributed by atoms with Crippen LogP contribution in [0.1, 0.15) is 57.2 Å². The quantitative estimate of drug-likeness (QED) is 0.266. The lowest BCUT2D eigenvalue weighted by molar-refractivity contribution is 0.260. The van der Waals surface area contributed by atoms with Crippen molar-refractivity contribution in [1.29, 1.82) is 5.26 Å². The number of aromatic nitrogens is 1. The Balaban J connectivity index is 1.54. The lowest BCUT2D eigenvalue weighted by atomic mass is 9.90. The maximum absolute atomic E-state index is 13.7. The van der Waals surface area contributed by atoms with Crippen LogP contribution in [0.2, 0.25) is 5.02 Å². The zero-order valence-corrected chi connectivity index (χ0v) is 22.0. The van der Waals surface area contributed by atoms with Gasteiger partial charge < -0.3 is 16.1 Å². The Morgan fingerprint density at radius 3 is 2.70 bits per heavy atom. The molecule has 5 rings (SSSR count). The minimum atomic E-state index is -0.298. The second-order valence-corrected chi connectivity index (χ2v) is 10.9. The van der Waals surface area contributed by atoms with E-state index in [1.54, 1.807) is 18.3 Å². The van der Waals surface area contributed by atoms with Gasteiger partial charge in [0.15, 0.2) is 0 Å². The van der Waals surface area contributed by atoms with Crippen LogP contribution >= 0.6 is 11.6 Å². The number of benzene rings is 2. The third kappa shape index (κ3) is 5.43. The van der Waals surface area contributed by atoms with Crippen molar-refractivity contribution in [3.05, 3.63) is 76.5 Å². The molecule has 7 nitrogen and oxygen atoms in total. The molecule has 0 bridgehead atoms. The standard InChI is InChI=1S/C28H31ClFN7/c1-4-28(2,3)16-33-25-18(13-31)14-32-27-22(25)11-20(12-23(27)29)34-26(17-5-7-19(30)8-6-17)24-15-37(36-35-24)21-9-10-21/h5-8,11-12,14-15,21,26,34-36H,4,9-10,16H2,1-3H3,(H,32,33). The predicted molar refractivity (Wildman–Crippen MR) is 146 cm³/mol. The van der Waals surface area contributed by atoms with Crippen LogP contribution in [0.4, 0.5) is 15.8 Å². The van der Waals surface area contributed by atoms with Gasteiger partial charge in [-0.2, -0.15) is 5.26 Å². The summed E-state index contributed by atoms with van der Waals surface area (Å²) in [6, 6.07) is 12.7. The highest BCUT2D eigenvalue weighted by atomic mass is 35.5. The molecule has 1 unspecified atom stereocenters. The molecule has 1 atom stereocenters. The zero-order chi connectivity index (χ0) is 26.2. The van der Waals surface area contributed by atoms with Gasteiger partial charge in [-0.1, -0.05) is 44.5 Å². The molecule has 0 spiro atoms. The number of anilines is 2. The van der Waals surface area contributed by atoms with E-state index in [1.807, 2.05) is 12.1 Å². The number of hydrazine groups is 2. The zero-order valence-electron chi connectivity index (χ0n) is 21.2. The first-order valence-corrected chi connectivity index (χ1v) is 13.0. The van der Waals surface area contributed by atoms with E-state index in [2.05, 4.69) is 64.6 Å². The number of nitrogens with zero attached hydrogens (tertiary/aromatic N) is 3. The highest BCUT2D eigenvalue weighted by molar-refractivity contribution is 6.35. The monoisotopic (exact) mass is 519 g/mol. The van der Waals surface area contributed by atoms with E-state index in [9.17, 15) is 9.65 Å². The third-order valence-electron chi connectivity index (χ3n) is 7.12. The molecule has 1 saturated carbocycles. The maximum Gasteiger partial charge on any atom is 0.123 e. The average molecular weight is 520 g/mol. The molecule has 2 heterocycles. The Kier molecular flexibility index (Phi) is 6.84. The SMILES string of the molecule is CCC(C)(C)CNc1c(C#N)cnc2c(Cl)cc(NC(C3=CN(C4CC4)NN3)c3ccc(F)cc3)cc12. The summed E-state index contributed by atoms with van der Waals surface area (Å²) in [6.45, 7) is 7.22. The van der Waals surface area contributed by atoms with Crippen molar-refractivity contribution < 1.29 is 4.39 Å². The molecule has 1 fully saturated rings. The van der Waals surface area contributed by atoms with Crippen LogP contribution in [0.3, 0.4) is 0 Å². The van der Waals surface area contributed by atoms with E-state index < -0.39 is 0 Å². The van der Waals surface area contributed by atoms with Crippen LogP contribution in [-0.4, -0.2) is 22.6 Å². The summed E-state index contributed by atoms with van der Waals surface area (Å²) < 4.78 is 13.7. The van der Waals surface area contributed by atoms with Crippen molar-refractivity contribution >= 4 is 33.9 Å². The van der Waals surface area contributed by atoms with Gasteiger partial charge in [0.25, 0.3) is 0 Å². The predicted octanol–water partition coefficient (Wildman–Crippen LogP) is 6.23. The first kappa shape index (κ1) is 25.1. The van der Waals surface area contributed by atoms with Crippen LogP contribution in [-0.2, 0) is 0 Å². The summed E-state index contributed by atoms with van der Waals surface area (Å²) in [7, 11) is 0. The highest BCUT2D eigenvalue weighted by Gasteiger charge is 2.32. The Morgan fingerprint density at radius 1 is 1.27 bits per heavy atom. The van der Waals surface area contributed by atoms with Gasteiger partial charge in [-0.05, 0) is 54.5 Å². The number of hydrogen-bond acceptors (Lipinski definition) is 7. The van der Waals surface area contributed by atoms with E-state index in [-0.39, 0.29) is 17.3 Å². The van der Waals surface area contributed by atoms with Crippen molar-refractivity contribution in [2.45, 2.75) is 52.1 Å². The summed E-state index contributed by atoms with van der Waals surface area (Å²) >= 11 is 6.72. The van der Waals surface area contributed by atoms with Crippen molar-refractivity contribution in [3.8, 4) is 6.07 Å². The van der Waals surface area contributed by atoms with Gasteiger partial charge in [0.2, 0.25) is 0 Å². The molecule has 1 aliphatic carbocycles. The lowest BCUT2D eigenvalue weighted by Crippen LogP contribution is -2.38. The van der Waals surface area contributed by atoms with E-state index in [1.165, 1.54) is 12.1 Å². The van der Waals surface area contributed by atoms with Gasteiger partial charge in [-0.3, -0.25) is 9.99 Å². The minimum Gasteiger partial charge on any atom is -0.383 e. The second-order valence-electron chi connectivity index (χ2n) is 10.5. The van der Waals surface area contributed by atoms with E-state index in [0.29, 0.717) is 28.7 Å². The average Bonchev–Trinajstić information content (AvgIpc) is 3.63. The Bertz CT molecular complexity index is 1380. The normalized spacial score (nSPS) is 16.2. The molecule has 37 heavy (non-hydrogen) atoms. The number of nitrogens with one attached hydrogen (secondary N) is 4. The van der Waals surface area contributed by atoms with Crippen molar-refractivity contribution in [2.24, 2.45) is 5.41 Å². The van der Waals surface area contributed by atoms with Crippen LogP contribution in [0, 0.1) is 22.6 Å². The summed E-state index contributed by atoms with van der Waals surface area (Å²) in [5.41, 5.74) is 10.9. The molecule has 4 N–H and O–H groups in total. The number of rotatable bonds is 9. The Labute approximate surface area is 221 Å². The van der Waals surface area contributed by atoms with Crippen molar-refractivity contribution in [1.82, 2.24) is 21.0 Å². The molecular formula is C28H31ClFN7. The third-order valence-corrected chi connectivity index (χ3v) is 7.41. The van der Waals surface area contributed by atoms with E-state index >= 15 is 0 Å². The van der Waals surface area contributed by atoms with Gasteiger partial charge in [-0.25, -0.2) is 4.39 Å². The number of pyridine rings is 1. The van der Waals surface area contributed by atoms with E-state index in [0.717, 1.165) is 47.3 Å². The van der Waals surface area contributed by atoms with Crippen LogP contribution in [0.25, 0.3) is 10.9 Å². The number of nitriles is 1. The van der Waals surface area contributed by atoms with Crippen LogP contribution in [0.5, 0.6) is 0 Å². The minimum absolute atomic E-state index is 0.0523. The fourth-order valence-electron chi connectivity index (χ4n) is 4.27. The van der Waals surface area contributed by atoms with Crippen molar-refractivity contribution in [3.63, 3.8) is 0 Å². The lowest BCUT2D eigenvalue weighted by Gasteiger charge is -2.25. The molecule has 9 heteroatoms. The van der Waals surface area contributed by atoms with E-state index in [4.69, 9.17) is 11.6 Å². The van der Waals surface area contributed by atoms with Gasteiger partial charge in [-0.15, -0.1) is 5.53 Å². The van der Waals surface area contributed by atoms with Gasteiger partial charge >= 0.3 is 0 Å². The fourth-order valence-corrected chi connectivity index (χ4v) is 4.54. The summed E-state index contributed by atoms with van der Waals surface area (Å²) in [5, 5.41) is 20.2. The molecule has 1 aliphatic heterocycles. The summed E-state index contributed by atoms with van der Waals surface area (Å²) in [5.74, 6) is -0.289. The molecule has 0 radical (unpaired) electrons. The van der Waals surface area contributed by atoms with Crippen molar-refractivity contribution in [2.75, 3.05) is 17.2 Å². The largest absolute Gasteiger partial charge is 0.383 e. The topological polar surface area (TPSA) is 88.0 Å². The van der Waals surface area contributed by atoms with Gasteiger partial charge in [0, 0.05) is 36.1 Å². The first-order chi connectivity index (χ1) is 17.8. The molecule has 3 aromatic rings. The fraction of sp³-hybridized carbons (Fsp3) is 0.357. The second kappa shape index (κ2) is 10.1. The molecule has 0 amide bonds. The molecule has 192 valence electrons. The highest BCUT2D eigenvalue weighted by Crippen LogP contribution is 2.37. The maximum atomic E-state index is 13.7. The molecule has 2 aromatic carbocycles. The summed E-state index contributed by atoms with van der Waals surface area (Å²) in [6.07, 6.45) is 6.90. The van der Waals surface area contributed by atoms with Crippen LogP contribution in [0.15, 0.2) is 54.5 Å². The van der Waals surface area contributed by atoms with Crippen LogP contribution < -0.4 is 21.6 Å². The molecule has 2 aliphatic rings. The Morgan fingerprint density at radius 2 is 2.03 bits per heavy atom. The molecule has 0 saturated heterocycles. The van der Waals surface area contributed by atoms with Gasteiger partial charge in [0.1, 0.15) is 11.9 Å². The number of fused-ring (bicyclic) bond motifs is 1. The Hall–Kier alpha value is -3.54.